The quantitative estimate of drug-likeness (QED) is 0.836. The predicted molar refractivity (Wildman–Crippen MR) is 71.7 cm³/mol. The van der Waals surface area contributed by atoms with Crippen LogP contribution in [0.15, 0.2) is 18.2 Å². The van der Waals surface area contributed by atoms with E-state index in [1.165, 1.54) is 24.8 Å². The van der Waals surface area contributed by atoms with E-state index in [1.54, 1.807) is 7.11 Å². The minimum Gasteiger partial charge on any atom is -0.495 e. The zero-order valence-corrected chi connectivity index (χ0v) is 11.3. The van der Waals surface area contributed by atoms with Crippen molar-refractivity contribution in [1.29, 1.82) is 0 Å². The van der Waals surface area contributed by atoms with Crippen LogP contribution in [0.2, 0.25) is 5.02 Å². The van der Waals surface area contributed by atoms with Crippen molar-refractivity contribution in [2.24, 2.45) is 5.41 Å². The summed E-state index contributed by atoms with van der Waals surface area (Å²) < 4.78 is 5.13. The van der Waals surface area contributed by atoms with E-state index in [-0.39, 0.29) is 0 Å². The first kappa shape index (κ1) is 12.7. The summed E-state index contributed by atoms with van der Waals surface area (Å²) in [6, 6.07) is 5.95. The highest BCUT2D eigenvalue weighted by Gasteiger charge is 2.39. The molecule has 0 spiro atoms. The van der Waals surface area contributed by atoms with Crippen molar-refractivity contribution in [3.05, 3.63) is 28.8 Å². The number of hydrogen-bond donors (Lipinski definition) is 1. The third-order valence-electron chi connectivity index (χ3n) is 3.75. The normalized spacial score (nSPS) is 16.9. The molecule has 0 radical (unpaired) electrons. The highest BCUT2D eigenvalue weighted by atomic mass is 35.5. The molecule has 1 aliphatic carbocycles. The Balaban J connectivity index is 1.85. The number of ether oxygens (including phenoxy) is 1. The average molecular weight is 254 g/mol. The van der Waals surface area contributed by atoms with Crippen LogP contribution in [-0.2, 0) is 6.54 Å². The van der Waals surface area contributed by atoms with Crippen LogP contribution in [-0.4, -0.2) is 13.7 Å². The molecule has 0 heterocycles. The minimum absolute atomic E-state index is 0.594. The van der Waals surface area contributed by atoms with Crippen LogP contribution in [0.1, 0.15) is 31.7 Å². The summed E-state index contributed by atoms with van der Waals surface area (Å²) in [6.45, 7) is 4.28. The average Bonchev–Trinajstić information content (AvgIpc) is 3.10. The number of hydrogen-bond acceptors (Lipinski definition) is 2. The van der Waals surface area contributed by atoms with Gasteiger partial charge in [0.25, 0.3) is 0 Å². The molecular weight excluding hydrogens is 234 g/mol. The zero-order valence-electron chi connectivity index (χ0n) is 10.6. The minimum atomic E-state index is 0.594. The molecule has 0 amide bonds. The first-order chi connectivity index (χ1) is 8.19. The predicted octanol–water partition coefficient (Wildman–Crippen LogP) is 3.63. The number of benzene rings is 1. The van der Waals surface area contributed by atoms with Gasteiger partial charge in [0.15, 0.2) is 0 Å². The molecule has 3 heteroatoms. The molecule has 0 atom stereocenters. The summed E-state index contributed by atoms with van der Waals surface area (Å²) in [7, 11) is 1.64. The molecule has 0 aromatic heterocycles. The van der Waals surface area contributed by atoms with Gasteiger partial charge in [-0.1, -0.05) is 24.6 Å². The summed E-state index contributed by atoms with van der Waals surface area (Å²) >= 11 is 6.09. The molecule has 1 fully saturated rings. The fraction of sp³-hybridized carbons (Fsp3) is 0.571. The van der Waals surface area contributed by atoms with Gasteiger partial charge in [-0.2, -0.15) is 0 Å². The topological polar surface area (TPSA) is 21.3 Å². The first-order valence-electron chi connectivity index (χ1n) is 6.22. The van der Waals surface area contributed by atoms with Gasteiger partial charge in [-0.3, -0.25) is 0 Å². The van der Waals surface area contributed by atoms with Crippen molar-refractivity contribution in [3.8, 4) is 5.75 Å². The third-order valence-corrected chi connectivity index (χ3v) is 4.05. The molecule has 2 nitrogen and oxygen atoms in total. The van der Waals surface area contributed by atoms with Crippen LogP contribution in [0.4, 0.5) is 0 Å². The second-order valence-electron chi connectivity index (χ2n) is 4.93. The maximum absolute atomic E-state index is 6.09. The van der Waals surface area contributed by atoms with Gasteiger partial charge < -0.3 is 10.1 Å². The van der Waals surface area contributed by atoms with Crippen LogP contribution in [0.3, 0.4) is 0 Å². The van der Waals surface area contributed by atoms with Gasteiger partial charge in [-0.25, -0.2) is 0 Å². The Bertz CT molecular complexity index is 388. The lowest BCUT2D eigenvalue weighted by molar-refractivity contribution is 0.414. The van der Waals surface area contributed by atoms with Gasteiger partial charge in [-0.15, -0.1) is 0 Å². The highest BCUT2D eigenvalue weighted by molar-refractivity contribution is 6.32. The van der Waals surface area contributed by atoms with Crippen LogP contribution in [0.5, 0.6) is 5.75 Å². The van der Waals surface area contributed by atoms with Gasteiger partial charge >= 0.3 is 0 Å². The maximum atomic E-state index is 6.09. The number of nitrogens with one attached hydrogen (secondary N) is 1. The lowest BCUT2D eigenvalue weighted by Crippen LogP contribution is -2.23. The Kier molecular flexibility index (Phi) is 3.95. The van der Waals surface area contributed by atoms with Crippen LogP contribution in [0, 0.1) is 5.41 Å². The van der Waals surface area contributed by atoms with E-state index in [2.05, 4.69) is 18.3 Å². The molecule has 0 aliphatic heterocycles. The second kappa shape index (κ2) is 5.28. The van der Waals surface area contributed by atoms with E-state index >= 15 is 0 Å². The van der Waals surface area contributed by atoms with Gasteiger partial charge in [0, 0.05) is 13.1 Å². The molecule has 1 aromatic rings. The number of rotatable bonds is 6. The molecule has 1 aliphatic rings. The van der Waals surface area contributed by atoms with E-state index in [1.807, 2.05) is 12.1 Å². The second-order valence-corrected chi connectivity index (χ2v) is 5.33. The van der Waals surface area contributed by atoms with Crippen molar-refractivity contribution in [1.82, 2.24) is 5.32 Å². The van der Waals surface area contributed by atoms with Gasteiger partial charge in [-0.05, 0) is 42.4 Å². The van der Waals surface area contributed by atoms with Crippen molar-refractivity contribution >= 4 is 11.6 Å². The fourth-order valence-corrected chi connectivity index (χ4v) is 2.40. The van der Waals surface area contributed by atoms with Crippen molar-refractivity contribution in [2.75, 3.05) is 13.7 Å². The molecule has 0 unspecified atom stereocenters. The number of halogens is 1. The molecule has 94 valence electrons. The Morgan fingerprint density at radius 3 is 2.71 bits per heavy atom. The SMILES string of the molecule is CCC1(CNCc2ccc(OC)c(Cl)c2)CC1. The molecule has 0 saturated heterocycles. The summed E-state index contributed by atoms with van der Waals surface area (Å²) in [5.41, 5.74) is 1.80. The number of methoxy groups -OCH3 is 1. The first-order valence-corrected chi connectivity index (χ1v) is 6.60. The summed E-state index contributed by atoms with van der Waals surface area (Å²) in [6.07, 6.45) is 4.03. The van der Waals surface area contributed by atoms with Crippen LogP contribution in [0.25, 0.3) is 0 Å². The largest absolute Gasteiger partial charge is 0.495 e. The van der Waals surface area contributed by atoms with Gasteiger partial charge in [0.1, 0.15) is 5.75 Å². The molecule has 1 N–H and O–H groups in total. The molecule has 2 rings (SSSR count). The Morgan fingerprint density at radius 2 is 2.18 bits per heavy atom. The Morgan fingerprint density at radius 1 is 1.41 bits per heavy atom. The summed E-state index contributed by atoms with van der Waals surface area (Å²) in [4.78, 5) is 0. The van der Waals surface area contributed by atoms with Crippen molar-refractivity contribution < 1.29 is 4.74 Å². The standard InChI is InChI=1S/C14H20ClNO/c1-3-14(6-7-14)10-16-9-11-4-5-13(17-2)12(15)8-11/h4-5,8,16H,3,6-7,9-10H2,1-2H3. The van der Waals surface area contributed by atoms with E-state index in [4.69, 9.17) is 16.3 Å². The third kappa shape index (κ3) is 3.14. The van der Waals surface area contributed by atoms with Crippen LogP contribution >= 0.6 is 11.6 Å². The lowest BCUT2D eigenvalue weighted by Gasteiger charge is -2.13. The zero-order chi connectivity index (χ0) is 12.3. The van der Waals surface area contributed by atoms with Crippen molar-refractivity contribution in [3.63, 3.8) is 0 Å². The maximum Gasteiger partial charge on any atom is 0.137 e. The van der Waals surface area contributed by atoms with E-state index in [9.17, 15) is 0 Å². The molecule has 17 heavy (non-hydrogen) atoms. The van der Waals surface area contributed by atoms with E-state index < -0.39 is 0 Å². The highest BCUT2D eigenvalue weighted by Crippen LogP contribution is 2.47. The molecule has 1 saturated carbocycles. The lowest BCUT2D eigenvalue weighted by atomic mass is 10.0. The molecule has 1 aromatic carbocycles. The van der Waals surface area contributed by atoms with Gasteiger partial charge in [0.05, 0.1) is 12.1 Å². The Labute approximate surface area is 108 Å². The van der Waals surface area contributed by atoms with Crippen LogP contribution < -0.4 is 10.1 Å². The molecular formula is C14H20ClNO. The smallest absolute Gasteiger partial charge is 0.137 e. The monoisotopic (exact) mass is 253 g/mol. The molecule has 0 bridgehead atoms. The van der Waals surface area contributed by atoms with E-state index in [0.717, 1.165) is 18.8 Å². The summed E-state index contributed by atoms with van der Waals surface area (Å²) in [5, 5.41) is 4.20. The summed E-state index contributed by atoms with van der Waals surface area (Å²) in [5.74, 6) is 0.739. The van der Waals surface area contributed by atoms with Crippen molar-refractivity contribution in [2.45, 2.75) is 32.7 Å². The van der Waals surface area contributed by atoms with Gasteiger partial charge in [0.2, 0.25) is 0 Å². The Hall–Kier alpha value is -0.730. The fourth-order valence-electron chi connectivity index (χ4n) is 2.12. The van der Waals surface area contributed by atoms with E-state index in [0.29, 0.717) is 10.4 Å².